The molecule has 0 fully saturated rings. The summed E-state index contributed by atoms with van der Waals surface area (Å²) in [5.74, 6) is 0. The van der Waals surface area contributed by atoms with Crippen LogP contribution >= 0.6 is 0 Å². The molecule has 3 heteroatoms. The van der Waals surface area contributed by atoms with E-state index in [4.69, 9.17) is 0 Å². The lowest BCUT2D eigenvalue weighted by atomic mass is 10.1. The molecule has 0 saturated carbocycles. The average molecular weight is 182 g/mol. The van der Waals surface area contributed by atoms with Crippen LogP contribution in [0.3, 0.4) is 0 Å². The highest BCUT2D eigenvalue weighted by molar-refractivity contribution is 5.20. The van der Waals surface area contributed by atoms with Gasteiger partial charge in [-0.15, -0.1) is 0 Å². The smallest absolute Gasteiger partial charge is 0.0820 e. The van der Waals surface area contributed by atoms with Crippen LogP contribution in [0.4, 0.5) is 0 Å². The lowest BCUT2D eigenvalue weighted by molar-refractivity contribution is 0.172. The number of aliphatic hydroxyl groups excluding tert-OH is 1. The summed E-state index contributed by atoms with van der Waals surface area (Å²) in [5, 5.41) is 13.9. The first-order valence-corrected chi connectivity index (χ1v) is 4.97. The van der Waals surface area contributed by atoms with E-state index in [0.717, 1.165) is 30.6 Å². The lowest BCUT2D eigenvalue weighted by Crippen LogP contribution is -2.05. The number of aryl methyl sites for hydroxylation is 1. The molecule has 1 rings (SSSR count). The Balaban J connectivity index is 3.00. The van der Waals surface area contributed by atoms with Gasteiger partial charge in [0.15, 0.2) is 0 Å². The van der Waals surface area contributed by atoms with Crippen LogP contribution in [0, 0.1) is 0 Å². The number of hydrogen-bond donors (Lipinski definition) is 1. The van der Waals surface area contributed by atoms with Crippen molar-refractivity contribution in [1.29, 1.82) is 0 Å². The van der Waals surface area contributed by atoms with E-state index in [1.54, 1.807) is 6.20 Å². The molecule has 0 saturated heterocycles. The van der Waals surface area contributed by atoms with Gasteiger partial charge in [0, 0.05) is 17.8 Å². The van der Waals surface area contributed by atoms with Crippen LogP contribution in [0.5, 0.6) is 0 Å². The van der Waals surface area contributed by atoms with Crippen molar-refractivity contribution in [2.24, 2.45) is 0 Å². The molecular formula is C10H18N2O. The molecule has 0 radical (unpaired) electrons. The maximum absolute atomic E-state index is 9.70. The second-order valence-corrected chi connectivity index (χ2v) is 3.14. The highest BCUT2D eigenvalue weighted by atomic mass is 16.3. The first-order chi connectivity index (χ1) is 6.24. The Kier molecular flexibility index (Phi) is 3.48. The highest BCUT2D eigenvalue weighted by Crippen LogP contribution is 2.20. The van der Waals surface area contributed by atoms with Crippen molar-refractivity contribution in [1.82, 2.24) is 9.78 Å². The number of rotatable bonds is 4. The third-order valence-corrected chi connectivity index (χ3v) is 2.36. The van der Waals surface area contributed by atoms with E-state index >= 15 is 0 Å². The number of aliphatic hydroxyl groups is 1. The fourth-order valence-electron chi connectivity index (χ4n) is 1.58. The minimum absolute atomic E-state index is 0.352. The molecule has 0 spiro atoms. The summed E-state index contributed by atoms with van der Waals surface area (Å²) in [7, 11) is 0. The standard InChI is InChI=1S/C10H18N2O/c1-4-9-8(10(13)5-2)7-11-12(9)6-3/h7,10,13H,4-6H2,1-3H3. The van der Waals surface area contributed by atoms with Gasteiger partial charge in [-0.05, 0) is 19.8 Å². The van der Waals surface area contributed by atoms with E-state index in [1.807, 2.05) is 11.6 Å². The second kappa shape index (κ2) is 4.42. The summed E-state index contributed by atoms with van der Waals surface area (Å²) in [6.07, 6.45) is 3.12. The Morgan fingerprint density at radius 2 is 2.15 bits per heavy atom. The summed E-state index contributed by atoms with van der Waals surface area (Å²) in [6, 6.07) is 0. The summed E-state index contributed by atoms with van der Waals surface area (Å²) in [6.45, 7) is 7.01. The Hall–Kier alpha value is -0.830. The maximum atomic E-state index is 9.70. The molecule has 0 aliphatic carbocycles. The summed E-state index contributed by atoms with van der Waals surface area (Å²) in [5.41, 5.74) is 2.16. The zero-order chi connectivity index (χ0) is 9.84. The van der Waals surface area contributed by atoms with Gasteiger partial charge in [0.05, 0.1) is 12.3 Å². The molecule has 1 atom stereocenters. The van der Waals surface area contributed by atoms with E-state index in [1.165, 1.54) is 0 Å². The monoisotopic (exact) mass is 182 g/mol. The molecule has 1 aromatic rings. The fourth-order valence-corrected chi connectivity index (χ4v) is 1.58. The number of aromatic nitrogens is 2. The van der Waals surface area contributed by atoms with Crippen LogP contribution in [0.15, 0.2) is 6.20 Å². The van der Waals surface area contributed by atoms with Crippen LogP contribution in [0.1, 0.15) is 44.6 Å². The van der Waals surface area contributed by atoms with Crippen LogP contribution in [-0.4, -0.2) is 14.9 Å². The first-order valence-electron chi connectivity index (χ1n) is 4.97. The maximum Gasteiger partial charge on any atom is 0.0820 e. The fraction of sp³-hybridized carbons (Fsp3) is 0.700. The van der Waals surface area contributed by atoms with Gasteiger partial charge in [-0.2, -0.15) is 5.10 Å². The summed E-state index contributed by atoms with van der Waals surface area (Å²) in [4.78, 5) is 0. The second-order valence-electron chi connectivity index (χ2n) is 3.14. The van der Waals surface area contributed by atoms with Gasteiger partial charge in [0.2, 0.25) is 0 Å². The Labute approximate surface area is 79.4 Å². The van der Waals surface area contributed by atoms with E-state index in [2.05, 4.69) is 18.9 Å². The lowest BCUT2D eigenvalue weighted by Gasteiger charge is -2.09. The summed E-state index contributed by atoms with van der Waals surface area (Å²) < 4.78 is 1.95. The largest absolute Gasteiger partial charge is 0.388 e. The Morgan fingerprint density at radius 1 is 1.46 bits per heavy atom. The van der Waals surface area contributed by atoms with Crippen molar-refractivity contribution in [3.8, 4) is 0 Å². The molecule has 1 N–H and O–H groups in total. The van der Waals surface area contributed by atoms with E-state index in [0.29, 0.717) is 0 Å². The van der Waals surface area contributed by atoms with Crippen molar-refractivity contribution in [3.05, 3.63) is 17.5 Å². The predicted octanol–water partition coefficient (Wildman–Crippen LogP) is 1.91. The predicted molar refractivity (Wildman–Crippen MR) is 52.5 cm³/mol. The Morgan fingerprint density at radius 3 is 2.62 bits per heavy atom. The molecular weight excluding hydrogens is 164 g/mol. The van der Waals surface area contributed by atoms with E-state index in [9.17, 15) is 5.11 Å². The topological polar surface area (TPSA) is 38.1 Å². The molecule has 0 aliphatic rings. The van der Waals surface area contributed by atoms with Crippen LogP contribution in [-0.2, 0) is 13.0 Å². The molecule has 0 amide bonds. The quantitative estimate of drug-likeness (QED) is 0.772. The molecule has 1 aromatic heterocycles. The first kappa shape index (κ1) is 10.3. The van der Waals surface area contributed by atoms with E-state index in [-0.39, 0.29) is 6.10 Å². The van der Waals surface area contributed by atoms with Gasteiger partial charge in [-0.25, -0.2) is 0 Å². The Bertz CT molecular complexity index is 268. The van der Waals surface area contributed by atoms with Crippen LogP contribution in [0.25, 0.3) is 0 Å². The van der Waals surface area contributed by atoms with E-state index < -0.39 is 0 Å². The molecule has 13 heavy (non-hydrogen) atoms. The zero-order valence-corrected chi connectivity index (χ0v) is 8.62. The van der Waals surface area contributed by atoms with Crippen molar-refractivity contribution in [3.63, 3.8) is 0 Å². The van der Waals surface area contributed by atoms with Gasteiger partial charge in [-0.1, -0.05) is 13.8 Å². The minimum Gasteiger partial charge on any atom is -0.388 e. The van der Waals surface area contributed by atoms with Gasteiger partial charge < -0.3 is 5.11 Å². The van der Waals surface area contributed by atoms with Gasteiger partial charge in [0.1, 0.15) is 0 Å². The van der Waals surface area contributed by atoms with Gasteiger partial charge >= 0.3 is 0 Å². The third-order valence-electron chi connectivity index (χ3n) is 2.36. The molecule has 3 nitrogen and oxygen atoms in total. The summed E-state index contributed by atoms with van der Waals surface area (Å²) >= 11 is 0. The van der Waals surface area contributed by atoms with Crippen molar-refractivity contribution in [2.45, 2.75) is 46.3 Å². The minimum atomic E-state index is -0.352. The van der Waals surface area contributed by atoms with Gasteiger partial charge in [-0.3, -0.25) is 4.68 Å². The highest BCUT2D eigenvalue weighted by Gasteiger charge is 2.13. The molecule has 1 heterocycles. The molecule has 0 aromatic carbocycles. The molecule has 1 unspecified atom stereocenters. The van der Waals surface area contributed by atoms with Crippen molar-refractivity contribution < 1.29 is 5.11 Å². The SMILES string of the molecule is CCc1c(C(O)CC)cnn1CC. The third kappa shape index (κ3) is 1.91. The van der Waals surface area contributed by atoms with Crippen LogP contribution in [0.2, 0.25) is 0 Å². The molecule has 0 bridgehead atoms. The zero-order valence-electron chi connectivity index (χ0n) is 8.62. The van der Waals surface area contributed by atoms with Crippen molar-refractivity contribution >= 4 is 0 Å². The average Bonchev–Trinajstić information content (AvgIpc) is 2.58. The molecule has 0 aliphatic heterocycles. The number of hydrogen-bond acceptors (Lipinski definition) is 2. The van der Waals surface area contributed by atoms with Gasteiger partial charge in [0.25, 0.3) is 0 Å². The normalized spacial score (nSPS) is 13.2. The number of nitrogens with zero attached hydrogens (tertiary/aromatic N) is 2. The van der Waals surface area contributed by atoms with Crippen LogP contribution < -0.4 is 0 Å². The molecule has 74 valence electrons. The van der Waals surface area contributed by atoms with Crippen molar-refractivity contribution in [2.75, 3.05) is 0 Å².